The molecule has 1 aromatic carbocycles. The zero-order valence-corrected chi connectivity index (χ0v) is 21.7. The van der Waals surface area contributed by atoms with Crippen LogP contribution in [0.1, 0.15) is 45.2 Å². The average Bonchev–Trinajstić information content (AvgIpc) is 3.19. The van der Waals surface area contributed by atoms with Crippen LogP contribution in [0, 0.1) is 35.4 Å². The summed E-state index contributed by atoms with van der Waals surface area (Å²) in [4.78, 5) is 31.4. The molecule has 5 rings (SSSR count). The molecule has 0 bridgehead atoms. The quantitative estimate of drug-likeness (QED) is 0.467. The van der Waals surface area contributed by atoms with Crippen LogP contribution in [0.3, 0.4) is 0 Å². The van der Waals surface area contributed by atoms with E-state index in [2.05, 4.69) is 11.1 Å². The van der Waals surface area contributed by atoms with Gasteiger partial charge in [-0.15, -0.1) is 0 Å². The molecule has 2 aromatic rings. The maximum atomic E-state index is 13.6. The molecule has 37 heavy (non-hydrogen) atoms. The van der Waals surface area contributed by atoms with Crippen LogP contribution in [-0.4, -0.2) is 47.7 Å². The molecule has 6 nitrogen and oxygen atoms in total. The number of carbonyl (C=O) groups excluding carboxylic acids is 2. The lowest BCUT2D eigenvalue weighted by atomic mass is 9.56. The Morgan fingerprint density at radius 2 is 2.05 bits per heavy atom. The predicted molar refractivity (Wildman–Crippen MR) is 139 cm³/mol. The van der Waals surface area contributed by atoms with Gasteiger partial charge in [0.25, 0.3) is 0 Å². The smallest absolute Gasteiger partial charge is 0.409 e. The van der Waals surface area contributed by atoms with Gasteiger partial charge in [-0.3, -0.25) is 9.78 Å². The maximum Gasteiger partial charge on any atom is 0.409 e. The van der Waals surface area contributed by atoms with Crippen LogP contribution in [0.2, 0.25) is 0 Å². The number of aromatic nitrogens is 1. The van der Waals surface area contributed by atoms with Crippen molar-refractivity contribution in [3.8, 4) is 11.1 Å². The Hall–Kier alpha value is -3.22. The van der Waals surface area contributed by atoms with E-state index in [9.17, 15) is 14.0 Å². The van der Waals surface area contributed by atoms with E-state index < -0.39 is 0 Å². The summed E-state index contributed by atoms with van der Waals surface area (Å²) in [5.74, 6) is 0.641. The molecule has 7 atom stereocenters. The molecule has 1 aromatic heterocycles. The summed E-state index contributed by atoms with van der Waals surface area (Å²) >= 11 is 0. The van der Waals surface area contributed by atoms with Gasteiger partial charge in [0.1, 0.15) is 11.9 Å². The fourth-order valence-corrected chi connectivity index (χ4v) is 6.87. The van der Waals surface area contributed by atoms with Crippen molar-refractivity contribution in [3.63, 3.8) is 0 Å². The Morgan fingerprint density at radius 1 is 1.22 bits per heavy atom. The summed E-state index contributed by atoms with van der Waals surface area (Å²) in [6.07, 6.45) is 9.24. The molecular formula is C30H35FN2O4. The van der Waals surface area contributed by atoms with Gasteiger partial charge in [-0.05, 0) is 87.1 Å². The van der Waals surface area contributed by atoms with Gasteiger partial charge in [0.05, 0.1) is 18.2 Å². The molecule has 1 saturated heterocycles. The maximum absolute atomic E-state index is 13.6. The van der Waals surface area contributed by atoms with Crippen LogP contribution < -0.4 is 0 Å². The molecule has 0 unspecified atom stereocenters. The summed E-state index contributed by atoms with van der Waals surface area (Å²) < 4.78 is 24.5. The van der Waals surface area contributed by atoms with Crippen molar-refractivity contribution in [1.82, 2.24) is 9.88 Å². The Balaban J connectivity index is 1.35. The first-order valence-corrected chi connectivity index (χ1v) is 13.4. The van der Waals surface area contributed by atoms with Gasteiger partial charge in [0, 0.05) is 30.8 Å². The lowest BCUT2D eigenvalue weighted by molar-refractivity contribution is -0.144. The van der Waals surface area contributed by atoms with Gasteiger partial charge in [-0.25, -0.2) is 9.18 Å². The number of nitrogens with zero attached hydrogens (tertiary/aromatic N) is 2. The Morgan fingerprint density at radius 3 is 2.78 bits per heavy atom. The summed E-state index contributed by atoms with van der Waals surface area (Å²) in [7, 11) is 1.82. The van der Waals surface area contributed by atoms with Gasteiger partial charge < -0.3 is 14.4 Å². The zero-order valence-electron chi connectivity index (χ0n) is 21.7. The molecule has 0 spiro atoms. The topological polar surface area (TPSA) is 68.7 Å². The second-order valence-electron chi connectivity index (χ2n) is 10.7. The van der Waals surface area contributed by atoms with E-state index in [0.717, 1.165) is 42.5 Å². The molecule has 3 fully saturated rings. The lowest BCUT2D eigenvalue weighted by Crippen LogP contribution is -2.48. The summed E-state index contributed by atoms with van der Waals surface area (Å²) in [6.45, 7) is 4.19. The lowest BCUT2D eigenvalue weighted by Gasteiger charge is -2.48. The number of hydrogen-bond acceptors (Lipinski definition) is 5. The van der Waals surface area contributed by atoms with Gasteiger partial charge in [-0.2, -0.15) is 0 Å². The SMILES string of the molecule is CCOC(=O)N(C)[C@@H]1CC[C@@H]2[C@@H](C1)C[C@H]1C(=O)O[C@H](C)[C@H]1[C@H]2/C=C/c1ccc(-c2cccc(F)c2)cn1. The van der Waals surface area contributed by atoms with Crippen molar-refractivity contribution in [2.75, 3.05) is 13.7 Å². The summed E-state index contributed by atoms with van der Waals surface area (Å²) in [6, 6.07) is 10.5. The van der Waals surface area contributed by atoms with Crippen molar-refractivity contribution in [2.24, 2.45) is 29.6 Å². The molecule has 1 amide bonds. The molecule has 0 N–H and O–H groups in total. The highest BCUT2D eigenvalue weighted by molar-refractivity contribution is 5.75. The summed E-state index contributed by atoms with van der Waals surface area (Å²) in [5, 5.41) is 0. The number of halogens is 1. The Labute approximate surface area is 217 Å². The first-order valence-electron chi connectivity index (χ1n) is 13.4. The molecule has 196 valence electrons. The van der Waals surface area contributed by atoms with Crippen molar-refractivity contribution in [2.45, 2.75) is 51.7 Å². The van der Waals surface area contributed by atoms with Crippen LogP contribution in [0.5, 0.6) is 0 Å². The van der Waals surface area contributed by atoms with Crippen LogP contribution in [0.15, 0.2) is 48.7 Å². The van der Waals surface area contributed by atoms with E-state index in [4.69, 9.17) is 9.47 Å². The highest BCUT2D eigenvalue weighted by atomic mass is 19.1. The number of cyclic esters (lactones) is 1. The number of fused-ring (bicyclic) bond motifs is 2. The Kier molecular flexibility index (Phi) is 7.31. The molecular weight excluding hydrogens is 471 g/mol. The zero-order chi connectivity index (χ0) is 26.1. The van der Waals surface area contributed by atoms with Crippen molar-refractivity contribution >= 4 is 18.1 Å². The van der Waals surface area contributed by atoms with Gasteiger partial charge in [0.15, 0.2) is 0 Å². The molecule has 0 radical (unpaired) electrons. The van der Waals surface area contributed by atoms with E-state index in [-0.39, 0.29) is 47.8 Å². The highest BCUT2D eigenvalue weighted by Crippen LogP contribution is 2.54. The second kappa shape index (κ2) is 10.6. The van der Waals surface area contributed by atoms with Gasteiger partial charge in [-0.1, -0.05) is 24.3 Å². The number of amides is 1. The number of hydrogen-bond donors (Lipinski definition) is 0. The number of rotatable bonds is 5. The molecule has 2 saturated carbocycles. The highest BCUT2D eigenvalue weighted by Gasteiger charge is 2.54. The number of ether oxygens (including phenoxy) is 2. The van der Waals surface area contributed by atoms with Gasteiger partial charge >= 0.3 is 12.1 Å². The molecule has 1 aliphatic heterocycles. The number of pyridine rings is 1. The third-order valence-corrected chi connectivity index (χ3v) is 8.66. The monoisotopic (exact) mass is 506 g/mol. The fourth-order valence-electron chi connectivity index (χ4n) is 6.87. The number of allylic oxidation sites excluding steroid dienone is 1. The third kappa shape index (κ3) is 5.13. The van der Waals surface area contributed by atoms with Crippen LogP contribution in [0.25, 0.3) is 17.2 Å². The third-order valence-electron chi connectivity index (χ3n) is 8.66. The van der Waals surface area contributed by atoms with Crippen LogP contribution in [-0.2, 0) is 14.3 Å². The largest absolute Gasteiger partial charge is 0.462 e. The standard InChI is InChI=1S/C30H35FN2O4/c1-4-36-30(35)33(3)24-11-13-25-21(15-24)16-27-28(18(2)37-29(27)34)26(25)12-10-23-9-8-20(17-32-23)19-6-5-7-22(31)14-19/h5-10,12,14,17-18,21,24-28H,4,11,13,15-16H2,1-3H3/b12-10+/t18-,21+,24-,25-,26+,27-,28+/m1/s1. The van der Waals surface area contributed by atoms with Gasteiger partial charge in [0.2, 0.25) is 0 Å². The minimum Gasteiger partial charge on any atom is -0.462 e. The molecule has 2 aliphatic carbocycles. The van der Waals surface area contributed by atoms with E-state index in [1.54, 1.807) is 17.2 Å². The Bertz CT molecular complexity index is 1170. The van der Waals surface area contributed by atoms with Crippen LogP contribution in [0.4, 0.5) is 9.18 Å². The van der Waals surface area contributed by atoms with Crippen molar-refractivity contribution < 1.29 is 23.5 Å². The summed E-state index contributed by atoms with van der Waals surface area (Å²) in [5.41, 5.74) is 2.48. The first-order chi connectivity index (χ1) is 17.9. The van der Waals surface area contributed by atoms with E-state index in [0.29, 0.717) is 18.4 Å². The minimum atomic E-state index is -0.280. The number of esters is 1. The van der Waals surface area contributed by atoms with Crippen molar-refractivity contribution in [3.05, 3.63) is 60.2 Å². The molecule has 3 aliphatic rings. The van der Waals surface area contributed by atoms with Crippen LogP contribution >= 0.6 is 0 Å². The minimum absolute atomic E-state index is 0.0900. The van der Waals surface area contributed by atoms with E-state index in [1.165, 1.54) is 12.1 Å². The number of benzene rings is 1. The average molecular weight is 507 g/mol. The van der Waals surface area contributed by atoms with E-state index >= 15 is 0 Å². The fraction of sp³-hybridized carbons (Fsp3) is 0.500. The first kappa shape index (κ1) is 25.4. The molecule has 7 heteroatoms. The van der Waals surface area contributed by atoms with E-state index in [1.807, 2.05) is 45.2 Å². The second-order valence-corrected chi connectivity index (χ2v) is 10.7. The molecule has 2 heterocycles. The normalized spacial score (nSPS) is 30.9. The van der Waals surface area contributed by atoms with Crippen molar-refractivity contribution in [1.29, 1.82) is 0 Å². The number of carbonyl (C=O) groups is 2. The predicted octanol–water partition coefficient (Wildman–Crippen LogP) is 5.97.